The maximum atomic E-state index is 13.2. The zero-order valence-corrected chi connectivity index (χ0v) is 18.7. The summed E-state index contributed by atoms with van der Waals surface area (Å²) < 4.78 is 7.11. The van der Waals surface area contributed by atoms with Gasteiger partial charge in [0.2, 0.25) is 0 Å². The fourth-order valence-electron chi connectivity index (χ4n) is 3.67. The van der Waals surface area contributed by atoms with Crippen molar-refractivity contribution < 1.29 is 9.53 Å². The summed E-state index contributed by atoms with van der Waals surface area (Å²) in [7, 11) is 0. The number of nitrogens with zero attached hydrogens (tertiary/aromatic N) is 1. The van der Waals surface area contributed by atoms with Crippen LogP contribution in [0.2, 0.25) is 0 Å². The lowest BCUT2D eigenvalue weighted by Crippen LogP contribution is -2.24. The number of pyridine rings is 1. The predicted molar refractivity (Wildman–Crippen MR) is 128 cm³/mol. The fraction of sp³-hybridized carbons (Fsp3) is 0.214. The second kappa shape index (κ2) is 8.83. The van der Waals surface area contributed by atoms with Gasteiger partial charge in [-0.1, -0.05) is 54.6 Å². The third-order valence-corrected chi connectivity index (χ3v) is 5.24. The molecule has 0 aliphatic carbocycles. The van der Waals surface area contributed by atoms with Gasteiger partial charge >= 0.3 is 5.97 Å². The van der Waals surface area contributed by atoms with Crippen LogP contribution < -0.4 is 5.56 Å². The molecule has 4 heteroatoms. The number of hydrogen-bond acceptors (Lipinski definition) is 3. The molecule has 0 fully saturated rings. The minimum Gasteiger partial charge on any atom is -0.456 e. The lowest BCUT2D eigenvalue weighted by molar-refractivity contribution is 0.00695. The van der Waals surface area contributed by atoms with Crippen molar-refractivity contribution in [2.75, 3.05) is 0 Å². The number of fused-ring (bicyclic) bond motifs is 1. The van der Waals surface area contributed by atoms with Crippen LogP contribution in [0.1, 0.15) is 47.8 Å². The van der Waals surface area contributed by atoms with Crippen molar-refractivity contribution in [3.05, 3.63) is 118 Å². The number of rotatable bonds is 5. The van der Waals surface area contributed by atoms with Crippen molar-refractivity contribution >= 4 is 16.7 Å². The average molecular weight is 426 g/mol. The van der Waals surface area contributed by atoms with Crippen LogP contribution in [0.5, 0.6) is 0 Å². The average Bonchev–Trinajstić information content (AvgIpc) is 2.76. The predicted octanol–water partition coefficient (Wildman–Crippen LogP) is 5.60. The molecular formula is C28H27NO3. The lowest BCUT2D eigenvalue weighted by atomic mass is 10.0. The molecule has 0 aliphatic heterocycles. The third kappa shape index (κ3) is 5.14. The Kier molecular flexibility index (Phi) is 5.95. The summed E-state index contributed by atoms with van der Waals surface area (Å²) in [5.74, 6) is -0.349. The van der Waals surface area contributed by atoms with Crippen LogP contribution in [-0.2, 0) is 17.7 Å². The quantitative estimate of drug-likeness (QED) is 0.391. The molecule has 0 radical (unpaired) electrons. The Bertz CT molecular complexity index is 1300. The van der Waals surface area contributed by atoms with E-state index >= 15 is 0 Å². The minimum atomic E-state index is -0.534. The Morgan fingerprint density at radius 1 is 0.844 bits per heavy atom. The van der Waals surface area contributed by atoms with Crippen LogP contribution in [0, 0.1) is 0 Å². The van der Waals surface area contributed by atoms with Crippen LogP contribution in [-0.4, -0.2) is 16.1 Å². The monoisotopic (exact) mass is 425 g/mol. The summed E-state index contributed by atoms with van der Waals surface area (Å²) in [6.07, 6.45) is 2.61. The second-order valence-electron chi connectivity index (χ2n) is 9.03. The van der Waals surface area contributed by atoms with Crippen molar-refractivity contribution in [2.24, 2.45) is 0 Å². The molecule has 1 aromatic heterocycles. The Hall–Kier alpha value is -3.66. The van der Waals surface area contributed by atoms with E-state index in [0.29, 0.717) is 17.5 Å². The number of hydrogen-bond donors (Lipinski definition) is 0. The van der Waals surface area contributed by atoms with Crippen molar-refractivity contribution in [1.29, 1.82) is 0 Å². The molecule has 32 heavy (non-hydrogen) atoms. The van der Waals surface area contributed by atoms with Gasteiger partial charge in [-0.3, -0.25) is 4.79 Å². The van der Waals surface area contributed by atoms with Gasteiger partial charge in [-0.2, -0.15) is 0 Å². The first-order valence-electron chi connectivity index (χ1n) is 10.8. The van der Waals surface area contributed by atoms with Crippen molar-refractivity contribution in [3.8, 4) is 0 Å². The molecule has 0 unspecified atom stereocenters. The topological polar surface area (TPSA) is 48.3 Å². The maximum absolute atomic E-state index is 13.2. The van der Waals surface area contributed by atoms with Gasteiger partial charge in [0.1, 0.15) is 5.60 Å². The maximum Gasteiger partial charge on any atom is 0.338 e. The molecule has 3 aromatic carbocycles. The van der Waals surface area contributed by atoms with Gasteiger partial charge in [0.25, 0.3) is 5.56 Å². The summed E-state index contributed by atoms with van der Waals surface area (Å²) in [5.41, 5.74) is 3.22. The Labute approximate surface area is 188 Å². The molecule has 4 nitrogen and oxygen atoms in total. The van der Waals surface area contributed by atoms with E-state index in [0.717, 1.165) is 22.9 Å². The molecule has 4 aromatic rings. The zero-order valence-electron chi connectivity index (χ0n) is 18.7. The Balaban J connectivity index is 1.56. The van der Waals surface area contributed by atoms with Crippen molar-refractivity contribution in [1.82, 2.24) is 4.57 Å². The highest BCUT2D eigenvalue weighted by atomic mass is 16.6. The van der Waals surface area contributed by atoms with E-state index in [1.54, 1.807) is 16.7 Å². The van der Waals surface area contributed by atoms with E-state index in [-0.39, 0.29) is 11.5 Å². The van der Waals surface area contributed by atoms with Gasteiger partial charge in [0.05, 0.1) is 12.1 Å². The minimum absolute atomic E-state index is 0.0198. The van der Waals surface area contributed by atoms with E-state index < -0.39 is 5.60 Å². The molecule has 0 N–H and O–H groups in total. The van der Waals surface area contributed by atoms with E-state index in [2.05, 4.69) is 18.2 Å². The van der Waals surface area contributed by atoms with E-state index in [9.17, 15) is 9.59 Å². The van der Waals surface area contributed by atoms with Crippen LogP contribution in [0.4, 0.5) is 0 Å². The molecule has 0 amide bonds. The molecule has 0 saturated heterocycles. The molecule has 162 valence electrons. The largest absolute Gasteiger partial charge is 0.456 e. The van der Waals surface area contributed by atoms with Gasteiger partial charge in [0, 0.05) is 11.6 Å². The first kappa shape index (κ1) is 21.6. The van der Waals surface area contributed by atoms with Crippen molar-refractivity contribution in [3.63, 3.8) is 0 Å². The van der Waals surface area contributed by atoms with Crippen LogP contribution in [0.15, 0.2) is 89.9 Å². The van der Waals surface area contributed by atoms with Crippen LogP contribution in [0.3, 0.4) is 0 Å². The zero-order chi connectivity index (χ0) is 22.7. The molecule has 0 saturated carbocycles. The number of ether oxygens (including phenoxy) is 1. The normalized spacial score (nSPS) is 11.5. The SMILES string of the molecule is CC(C)(C)OC(=O)c1ccc(Cn2ccc3ccc(Cc4ccccc4)cc3c2=O)cc1. The second-order valence-corrected chi connectivity index (χ2v) is 9.03. The lowest BCUT2D eigenvalue weighted by Gasteiger charge is -2.19. The van der Waals surface area contributed by atoms with E-state index in [1.807, 2.05) is 75.5 Å². The molecular weight excluding hydrogens is 398 g/mol. The highest BCUT2D eigenvalue weighted by molar-refractivity contribution is 5.89. The summed E-state index contributed by atoms with van der Waals surface area (Å²) in [4.78, 5) is 25.4. The Morgan fingerprint density at radius 2 is 1.53 bits per heavy atom. The van der Waals surface area contributed by atoms with E-state index in [4.69, 9.17) is 4.74 Å². The van der Waals surface area contributed by atoms with Gasteiger partial charge in [-0.15, -0.1) is 0 Å². The van der Waals surface area contributed by atoms with Gasteiger partial charge in [0.15, 0.2) is 0 Å². The summed E-state index contributed by atoms with van der Waals surface area (Å²) in [6.45, 7) is 5.97. The number of benzene rings is 3. The molecule has 1 heterocycles. The summed E-state index contributed by atoms with van der Waals surface area (Å²) in [5, 5.41) is 1.65. The highest BCUT2D eigenvalue weighted by Gasteiger charge is 2.17. The number of esters is 1. The fourth-order valence-corrected chi connectivity index (χ4v) is 3.67. The summed E-state index contributed by atoms with van der Waals surface area (Å²) >= 11 is 0. The summed E-state index contributed by atoms with van der Waals surface area (Å²) in [6, 6.07) is 25.5. The smallest absolute Gasteiger partial charge is 0.338 e. The number of aromatic nitrogens is 1. The highest BCUT2D eigenvalue weighted by Crippen LogP contribution is 2.17. The molecule has 4 rings (SSSR count). The number of carbonyl (C=O) groups excluding carboxylic acids is 1. The van der Waals surface area contributed by atoms with Crippen LogP contribution in [0.25, 0.3) is 10.8 Å². The van der Waals surface area contributed by atoms with E-state index in [1.165, 1.54) is 5.56 Å². The first-order valence-corrected chi connectivity index (χ1v) is 10.8. The van der Waals surface area contributed by atoms with Crippen molar-refractivity contribution in [2.45, 2.75) is 39.3 Å². The molecule has 0 aliphatic rings. The third-order valence-electron chi connectivity index (χ3n) is 5.24. The molecule has 0 bridgehead atoms. The Morgan fingerprint density at radius 3 is 2.22 bits per heavy atom. The number of carbonyl (C=O) groups is 1. The van der Waals surface area contributed by atoms with Gasteiger partial charge < -0.3 is 9.30 Å². The molecule has 0 spiro atoms. The van der Waals surface area contributed by atoms with Crippen LogP contribution >= 0.6 is 0 Å². The standard InChI is InChI=1S/C28H27NO3/c1-28(2,3)32-27(31)24-13-9-21(10-14-24)19-29-16-15-23-12-11-22(18-25(23)26(29)30)17-20-7-5-4-6-8-20/h4-16,18H,17,19H2,1-3H3. The molecule has 0 atom stereocenters. The van der Waals surface area contributed by atoms with Gasteiger partial charge in [-0.05, 0) is 73.5 Å². The first-order chi connectivity index (χ1) is 15.3. The van der Waals surface area contributed by atoms with Gasteiger partial charge in [-0.25, -0.2) is 4.79 Å².